The van der Waals surface area contributed by atoms with Gasteiger partial charge in [-0.1, -0.05) is 18.2 Å². The number of benzene rings is 1. The summed E-state index contributed by atoms with van der Waals surface area (Å²) in [5.74, 6) is -0.411. The SMILES string of the molecule is O=C1C[C@@H](S)C(=O)N1c1ccccc1. The molecule has 0 unspecified atom stereocenters. The normalized spacial score (nSPS) is 21.8. The van der Waals surface area contributed by atoms with Crippen LogP contribution < -0.4 is 4.90 Å². The Morgan fingerprint density at radius 1 is 1.21 bits per heavy atom. The zero-order valence-corrected chi connectivity index (χ0v) is 8.28. The number of anilines is 1. The highest BCUT2D eigenvalue weighted by molar-refractivity contribution is 7.82. The molecular formula is C10H9NO2S. The summed E-state index contributed by atoms with van der Waals surface area (Å²) in [6.07, 6.45) is 0.191. The average Bonchev–Trinajstić information content (AvgIpc) is 2.43. The van der Waals surface area contributed by atoms with Crippen molar-refractivity contribution in [1.82, 2.24) is 0 Å². The second kappa shape index (κ2) is 3.46. The first-order valence-electron chi connectivity index (χ1n) is 4.30. The summed E-state index contributed by atoms with van der Waals surface area (Å²) >= 11 is 4.04. The van der Waals surface area contributed by atoms with Gasteiger partial charge >= 0.3 is 0 Å². The Balaban J connectivity index is 2.36. The van der Waals surface area contributed by atoms with E-state index in [1.165, 1.54) is 4.90 Å². The van der Waals surface area contributed by atoms with Crippen molar-refractivity contribution in [3.05, 3.63) is 30.3 Å². The van der Waals surface area contributed by atoms with Gasteiger partial charge in [-0.3, -0.25) is 9.59 Å². The molecule has 1 aromatic carbocycles. The molecule has 0 radical (unpaired) electrons. The molecule has 0 spiro atoms. The molecular weight excluding hydrogens is 198 g/mol. The fraction of sp³-hybridized carbons (Fsp3) is 0.200. The number of nitrogens with zero attached hydrogens (tertiary/aromatic N) is 1. The highest BCUT2D eigenvalue weighted by Gasteiger charge is 2.37. The van der Waals surface area contributed by atoms with Crippen molar-refractivity contribution in [1.29, 1.82) is 0 Å². The van der Waals surface area contributed by atoms with Gasteiger partial charge in [0, 0.05) is 6.42 Å². The molecule has 1 aliphatic heterocycles. The minimum Gasteiger partial charge on any atom is -0.274 e. The first kappa shape index (κ1) is 9.27. The molecule has 14 heavy (non-hydrogen) atoms. The highest BCUT2D eigenvalue weighted by Crippen LogP contribution is 2.24. The Hall–Kier alpha value is -1.29. The molecule has 4 heteroatoms. The molecule has 0 bridgehead atoms. The molecule has 2 amide bonds. The molecule has 1 atom stereocenters. The maximum absolute atomic E-state index is 11.5. The van der Waals surface area contributed by atoms with E-state index in [-0.39, 0.29) is 18.2 Å². The third kappa shape index (κ3) is 1.42. The van der Waals surface area contributed by atoms with Crippen LogP contribution in [-0.2, 0) is 9.59 Å². The third-order valence-corrected chi connectivity index (χ3v) is 2.54. The van der Waals surface area contributed by atoms with E-state index in [1.54, 1.807) is 24.3 Å². The van der Waals surface area contributed by atoms with Gasteiger partial charge in [0.15, 0.2) is 0 Å². The second-order valence-electron chi connectivity index (χ2n) is 3.12. The van der Waals surface area contributed by atoms with Gasteiger partial charge in [0.05, 0.1) is 10.9 Å². The van der Waals surface area contributed by atoms with Crippen molar-refractivity contribution in [2.75, 3.05) is 4.90 Å². The van der Waals surface area contributed by atoms with Crippen LogP contribution in [0.3, 0.4) is 0 Å². The van der Waals surface area contributed by atoms with Crippen LogP contribution in [0.4, 0.5) is 5.69 Å². The lowest BCUT2D eigenvalue weighted by Crippen LogP contribution is -2.30. The summed E-state index contributed by atoms with van der Waals surface area (Å²) in [6.45, 7) is 0. The number of hydrogen-bond donors (Lipinski definition) is 1. The minimum atomic E-state index is -0.484. The number of hydrogen-bond acceptors (Lipinski definition) is 3. The van der Waals surface area contributed by atoms with E-state index in [1.807, 2.05) is 6.07 Å². The number of carbonyl (C=O) groups is 2. The predicted octanol–water partition coefficient (Wildman–Crippen LogP) is 1.25. The smallest absolute Gasteiger partial charge is 0.247 e. The summed E-state index contributed by atoms with van der Waals surface area (Å²) in [6, 6.07) is 8.90. The number of carbonyl (C=O) groups excluding carboxylic acids is 2. The van der Waals surface area contributed by atoms with Crippen LogP contribution in [0.1, 0.15) is 6.42 Å². The molecule has 0 aliphatic carbocycles. The van der Waals surface area contributed by atoms with Crippen LogP contribution in [0.5, 0.6) is 0 Å². The Morgan fingerprint density at radius 3 is 2.36 bits per heavy atom. The highest BCUT2D eigenvalue weighted by atomic mass is 32.1. The summed E-state index contributed by atoms with van der Waals surface area (Å²) in [5, 5.41) is -0.484. The topological polar surface area (TPSA) is 37.4 Å². The first-order valence-corrected chi connectivity index (χ1v) is 4.81. The monoisotopic (exact) mass is 207 g/mol. The lowest BCUT2D eigenvalue weighted by molar-refractivity contribution is -0.121. The van der Waals surface area contributed by atoms with Crippen molar-refractivity contribution in [3.63, 3.8) is 0 Å². The Kier molecular flexibility index (Phi) is 2.29. The summed E-state index contributed by atoms with van der Waals surface area (Å²) in [4.78, 5) is 24.2. The zero-order chi connectivity index (χ0) is 10.1. The van der Waals surface area contributed by atoms with Crippen molar-refractivity contribution >= 4 is 30.1 Å². The Morgan fingerprint density at radius 2 is 1.86 bits per heavy atom. The minimum absolute atomic E-state index is 0.179. The molecule has 3 nitrogen and oxygen atoms in total. The van der Waals surface area contributed by atoms with E-state index in [4.69, 9.17) is 0 Å². The second-order valence-corrected chi connectivity index (χ2v) is 3.75. The molecule has 1 fully saturated rings. The molecule has 1 aromatic rings. The number of rotatable bonds is 1. The van der Waals surface area contributed by atoms with Gasteiger partial charge in [0.2, 0.25) is 11.8 Å². The predicted molar refractivity (Wildman–Crippen MR) is 56.3 cm³/mol. The lowest BCUT2D eigenvalue weighted by atomic mass is 10.3. The molecule has 2 rings (SSSR count). The zero-order valence-electron chi connectivity index (χ0n) is 7.38. The van der Waals surface area contributed by atoms with E-state index < -0.39 is 5.25 Å². The van der Waals surface area contributed by atoms with Crippen molar-refractivity contribution in [3.8, 4) is 0 Å². The molecule has 0 saturated carbocycles. The largest absolute Gasteiger partial charge is 0.274 e. The van der Waals surface area contributed by atoms with E-state index in [2.05, 4.69) is 12.6 Å². The van der Waals surface area contributed by atoms with Crippen LogP contribution in [-0.4, -0.2) is 17.1 Å². The van der Waals surface area contributed by atoms with Gasteiger partial charge in [-0.15, -0.1) is 0 Å². The van der Waals surface area contributed by atoms with Crippen LogP contribution in [0.15, 0.2) is 30.3 Å². The van der Waals surface area contributed by atoms with E-state index in [0.717, 1.165) is 0 Å². The number of amides is 2. The van der Waals surface area contributed by atoms with Gasteiger partial charge in [-0.05, 0) is 12.1 Å². The van der Waals surface area contributed by atoms with E-state index in [9.17, 15) is 9.59 Å². The maximum Gasteiger partial charge on any atom is 0.247 e. The van der Waals surface area contributed by atoms with Crippen LogP contribution in [0, 0.1) is 0 Å². The lowest BCUT2D eigenvalue weighted by Gasteiger charge is -2.13. The van der Waals surface area contributed by atoms with Gasteiger partial charge < -0.3 is 0 Å². The average molecular weight is 207 g/mol. The van der Waals surface area contributed by atoms with Crippen LogP contribution >= 0.6 is 12.6 Å². The first-order chi connectivity index (χ1) is 6.70. The Labute approximate surface area is 87.1 Å². The van der Waals surface area contributed by atoms with Gasteiger partial charge in [-0.2, -0.15) is 12.6 Å². The molecule has 0 aromatic heterocycles. The maximum atomic E-state index is 11.5. The summed E-state index contributed by atoms with van der Waals surface area (Å²) in [5.41, 5.74) is 0.624. The molecule has 1 aliphatic rings. The van der Waals surface area contributed by atoms with E-state index >= 15 is 0 Å². The Bertz CT molecular complexity index is 377. The summed E-state index contributed by atoms with van der Waals surface area (Å²) in [7, 11) is 0. The molecule has 1 heterocycles. The van der Waals surface area contributed by atoms with Crippen LogP contribution in [0.2, 0.25) is 0 Å². The number of thiol groups is 1. The van der Waals surface area contributed by atoms with Gasteiger partial charge in [0.1, 0.15) is 0 Å². The fourth-order valence-electron chi connectivity index (χ4n) is 1.46. The quantitative estimate of drug-likeness (QED) is 0.556. The summed E-state index contributed by atoms with van der Waals surface area (Å²) < 4.78 is 0. The van der Waals surface area contributed by atoms with Gasteiger partial charge in [0.25, 0.3) is 0 Å². The molecule has 72 valence electrons. The molecule has 1 saturated heterocycles. The molecule has 0 N–H and O–H groups in total. The standard InChI is InChI=1S/C10H9NO2S/c12-9-6-8(14)10(13)11(9)7-4-2-1-3-5-7/h1-5,8,14H,6H2/t8-/m1/s1. The van der Waals surface area contributed by atoms with Gasteiger partial charge in [-0.25, -0.2) is 4.90 Å². The van der Waals surface area contributed by atoms with E-state index in [0.29, 0.717) is 5.69 Å². The fourth-order valence-corrected chi connectivity index (χ4v) is 1.74. The number of imide groups is 1. The van der Waals surface area contributed by atoms with Crippen molar-refractivity contribution < 1.29 is 9.59 Å². The van der Waals surface area contributed by atoms with Crippen molar-refractivity contribution in [2.24, 2.45) is 0 Å². The van der Waals surface area contributed by atoms with Crippen LogP contribution in [0.25, 0.3) is 0 Å². The van der Waals surface area contributed by atoms with Crippen molar-refractivity contribution in [2.45, 2.75) is 11.7 Å². The third-order valence-electron chi connectivity index (χ3n) is 2.14. The number of para-hydroxylation sites is 1.